The fraction of sp³-hybridized carbons (Fsp3) is 1.00. The summed E-state index contributed by atoms with van der Waals surface area (Å²) in [6.45, 7) is 6.79. The van der Waals surface area contributed by atoms with Crippen LogP contribution in [0.25, 0.3) is 0 Å². The molecule has 0 aromatic rings. The smallest absolute Gasteiger partial charge is 0.330 e. The van der Waals surface area contributed by atoms with E-state index in [1.54, 1.807) is 0 Å². The van der Waals surface area contributed by atoms with Crippen LogP contribution >= 0.6 is 7.60 Å². The standard InChI is InChI=1S/C10H22NO4P/c1-3-14-16(12,15-4-2)8-5-10-9-13-7-6-11-10/h10-11H,3-9H2,1-2H3. The molecular formula is C10H22NO4P. The molecule has 0 spiro atoms. The van der Waals surface area contributed by atoms with Crippen LogP contribution in [-0.2, 0) is 18.3 Å². The first-order valence-electron chi connectivity index (χ1n) is 5.89. The number of hydrogen-bond acceptors (Lipinski definition) is 5. The van der Waals surface area contributed by atoms with Crippen LogP contribution in [0.1, 0.15) is 20.3 Å². The summed E-state index contributed by atoms with van der Waals surface area (Å²) in [5.74, 6) is 0. The first-order chi connectivity index (χ1) is 7.70. The fourth-order valence-electron chi connectivity index (χ4n) is 1.68. The molecule has 1 fully saturated rings. The Morgan fingerprint density at radius 1 is 1.38 bits per heavy atom. The van der Waals surface area contributed by atoms with E-state index in [4.69, 9.17) is 13.8 Å². The van der Waals surface area contributed by atoms with E-state index in [-0.39, 0.29) is 6.04 Å². The normalized spacial score (nSPS) is 22.2. The first kappa shape index (κ1) is 14.1. The van der Waals surface area contributed by atoms with Gasteiger partial charge in [-0.1, -0.05) is 0 Å². The van der Waals surface area contributed by atoms with E-state index >= 15 is 0 Å². The van der Waals surface area contributed by atoms with Gasteiger partial charge in [-0.25, -0.2) is 0 Å². The zero-order valence-electron chi connectivity index (χ0n) is 10.1. The second kappa shape index (κ2) is 7.41. The Kier molecular flexibility index (Phi) is 6.54. The Labute approximate surface area is 97.4 Å². The van der Waals surface area contributed by atoms with Gasteiger partial charge in [-0.05, 0) is 20.3 Å². The molecule has 0 radical (unpaired) electrons. The van der Waals surface area contributed by atoms with E-state index in [1.165, 1.54) is 0 Å². The Morgan fingerprint density at radius 3 is 2.56 bits per heavy atom. The molecule has 0 amide bonds. The summed E-state index contributed by atoms with van der Waals surface area (Å²) in [7, 11) is -2.88. The molecule has 1 atom stereocenters. The van der Waals surface area contributed by atoms with E-state index in [0.717, 1.165) is 19.6 Å². The minimum atomic E-state index is -2.88. The van der Waals surface area contributed by atoms with Crippen LogP contribution in [0.3, 0.4) is 0 Å². The van der Waals surface area contributed by atoms with Crippen molar-refractivity contribution in [3.63, 3.8) is 0 Å². The lowest BCUT2D eigenvalue weighted by Gasteiger charge is -2.25. The summed E-state index contributed by atoms with van der Waals surface area (Å²) < 4.78 is 27.9. The van der Waals surface area contributed by atoms with Gasteiger partial charge >= 0.3 is 7.60 Å². The van der Waals surface area contributed by atoms with Crippen LogP contribution in [0, 0.1) is 0 Å². The van der Waals surface area contributed by atoms with Gasteiger partial charge < -0.3 is 19.1 Å². The van der Waals surface area contributed by atoms with E-state index in [9.17, 15) is 4.57 Å². The molecule has 1 saturated heterocycles. The average molecular weight is 251 g/mol. The highest BCUT2D eigenvalue weighted by molar-refractivity contribution is 7.53. The third kappa shape index (κ3) is 4.93. The fourth-order valence-corrected chi connectivity index (χ4v) is 3.43. The molecule has 1 aliphatic rings. The summed E-state index contributed by atoms with van der Waals surface area (Å²) in [6.07, 6.45) is 1.22. The summed E-state index contributed by atoms with van der Waals surface area (Å²) in [6, 6.07) is 0.267. The molecule has 1 heterocycles. The summed E-state index contributed by atoms with van der Waals surface area (Å²) in [5, 5.41) is 3.32. The van der Waals surface area contributed by atoms with E-state index < -0.39 is 7.60 Å². The minimum Gasteiger partial charge on any atom is -0.379 e. The predicted octanol–water partition coefficient (Wildman–Crippen LogP) is 1.63. The van der Waals surface area contributed by atoms with Gasteiger partial charge in [0, 0.05) is 12.6 Å². The highest BCUT2D eigenvalue weighted by Gasteiger charge is 2.25. The summed E-state index contributed by atoms with van der Waals surface area (Å²) in [5.41, 5.74) is 0. The number of morpholine rings is 1. The minimum absolute atomic E-state index is 0.267. The van der Waals surface area contributed by atoms with Crippen molar-refractivity contribution in [2.45, 2.75) is 26.3 Å². The Hall–Kier alpha value is 0.0700. The van der Waals surface area contributed by atoms with Crippen LogP contribution in [0.4, 0.5) is 0 Å². The topological polar surface area (TPSA) is 56.8 Å². The summed E-state index contributed by atoms with van der Waals surface area (Å²) >= 11 is 0. The Bertz CT molecular complexity index is 221. The average Bonchev–Trinajstić information content (AvgIpc) is 2.29. The molecule has 5 nitrogen and oxygen atoms in total. The quantitative estimate of drug-likeness (QED) is 0.697. The van der Waals surface area contributed by atoms with Crippen molar-refractivity contribution in [1.82, 2.24) is 5.32 Å². The van der Waals surface area contributed by atoms with Gasteiger partial charge in [0.05, 0.1) is 32.6 Å². The Balaban J connectivity index is 2.33. The van der Waals surface area contributed by atoms with E-state index in [0.29, 0.717) is 26.0 Å². The highest BCUT2D eigenvalue weighted by Crippen LogP contribution is 2.48. The monoisotopic (exact) mass is 251 g/mol. The molecule has 0 aromatic heterocycles. The molecule has 0 saturated carbocycles. The largest absolute Gasteiger partial charge is 0.379 e. The SMILES string of the molecule is CCOP(=O)(CCC1COCCN1)OCC. The van der Waals surface area contributed by atoms with Crippen molar-refractivity contribution in [3.05, 3.63) is 0 Å². The molecule has 1 unspecified atom stereocenters. The predicted molar refractivity (Wildman–Crippen MR) is 63.0 cm³/mol. The van der Waals surface area contributed by atoms with Gasteiger partial charge in [-0.15, -0.1) is 0 Å². The lowest BCUT2D eigenvalue weighted by atomic mass is 10.2. The molecule has 1 rings (SSSR count). The van der Waals surface area contributed by atoms with Crippen molar-refractivity contribution in [1.29, 1.82) is 0 Å². The molecule has 1 N–H and O–H groups in total. The van der Waals surface area contributed by atoms with Crippen LogP contribution in [0.2, 0.25) is 0 Å². The van der Waals surface area contributed by atoms with E-state index in [1.807, 2.05) is 13.8 Å². The number of ether oxygens (including phenoxy) is 1. The third-order valence-electron chi connectivity index (χ3n) is 2.40. The maximum atomic E-state index is 12.1. The molecule has 0 aromatic carbocycles. The van der Waals surface area contributed by atoms with Crippen LogP contribution in [0.15, 0.2) is 0 Å². The number of nitrogens with one attached hydrogen (secondary N) is 1. The van der Waals surface area contributed by atoms with Crippen molar-refractivity contribution < 1.29 is 18.3 Å². The summed E-state index contributed by atoms with van der Waals surface area (Å²) in [4.78, 5) is 0. The number of hydrogen-bond donors (Lipinski definition) is 1. The van der Waals surface area contributed by atoms with E-state index in [2.05, 4.69) is 5.32 Å². The lowest BCUT2D eigenvalue weighted by molar-refractivity contribution is 0.0753. The zero-order chi connectivity index (χ0) is 11.9. The molecule has 6 heteroatoms. The van der Waals surface area contributed by atoms with Gasteiger partial charge in [0.25, 0.3) is 0 Å². The first-order valence-corrected chi connectivity index (χ1v) is 7.62. The van der Waals surface area contributed by atoms with Gasteiger partial charge in [0.2, 0.25) is 0 Å². The van der Waals surface area contributed by atoms with Crippen molar-refractivity contribution in [2.24, 2.45) is 0 Å². The second-order valence-electron chi connectivity index (χ2n) is 3.68. The van der Waals surface area contributed by atoms with Crippen LogP contribution in [-0.4, -0.2) is 45.2 Å². The maximum Gasteiger partial charge on any atom is 0.330 e. The van der Waals surface area contributed by atoms with Gasteiger partial charge in [0.1, 0.15) is 0 Å². The molecule has 0 bridgehead atoms. The Morgan fingerprint density at radius 2 is 2.06 bits per heavy atom. The van der Waals surface area contributed by atoms with Crippen LogP contribution in [0.5, 0.6) is 0 Å². The lowest BCUT2D eigenvalue weighted by Crippen LogP contribution is -2.41. The van der Waals surface area contributed by atoms with Crippen molar-refractivity contribution >= 4 is 7.60 Å². The van der Waals surface area contributed by atoms with Gasteiger partial charge in [-0.3, -0.25) is 4.57 Å². The van der Waals surface area contributed by atoms with Crippen molar-refractivity contribution in [2.75, 3.05) is 39.1 Å². The molecule has 0 aliphatic carbocycles. The van der Waals surface area contributed by atoms with Crippen molar-refractivity contribution in [3.8, 4) is 0 Å². The van der Waals surface area contributed by atoms with Crippen LogP contribution < -0.4 is 5.32 Å². The van der Waals surface area contributed by atoms with Gasteiger partial charge in [0.15, 0.2) is 0 Å². The molecular weight excluding hydrogens is 229 g/mol. The zero-order valence-corrected chi connectivity index (χ0v) is 11.0. The molecule has 1 aliphatic heterocycles. The highest BCUT2D eigenvalue weighted by atomic mass is 31.2. The molecule has 96 valence electrons. The van der Waals surface area contributed by atoms with Gasteiger partial charge in [-0.2, -0.15) is 0 Å². The second-order valence-corrected chi connectivity index (χ2v) is 5.87. The third-order valence-corrected chi connectivity index (χ3v) is 4.51. The number of rotatable bonds is 7. The molecule has 16 heavy (non-hydrogen) atoms. The maximum absolute atomic E-state index is 12.1.